The summed E-state index contributed by atoms with van der Waals surface area (Å²) in [6, 6.07) is 7.28. The van der Waals surface area contributed by atoms with Crippen molar-refractivity contribution in [3.63, 3.8) is 0 Å². The van der Waals surface area contributed by atoms with Crippen LogP contribution in [0.2, 0.25) is 0 Å². The summed E-state index contributed by atoms with van der Waals surface area (Å²) in [6.07, 6.45) is 1.54. The third-order valence-electron chi connectivity index (χ3n) is 3.07. The number of carbonyl (C=O) groups excluding carboxylic acids is 2. The highest BCUT2D eigenvalue weighted by molar-refractivity contribution is 5.99. The van der Waals surface area contributed by atoms with Crippen LogP contribution in [-0.4, -0.2) is 24.0 Å². The van der Waals surface area contributed by atoms with Crippen LogP contribution in [0.15, 0.2) is 24.3 Å². The van der Waals surface area contributed by atoms with Crippen molar-refractivity contribution in [1.82, 2.24) is 5.32 Å². The van der Waals surface area contributed by atoms with Gasteiger partial charge in [-0.05, 0) is 45.7 Å². The van der Waals surface area contributed by atoms with Crippen molar-refractivity contribution in [1.29, 1.82) is 0 Å². The second-order valence-corrected chi connectivity index (χ2v) is 6.37. The molecule has 1 aromatic rings. The third kappa shape index (κ3) is 5.25. The molecule has 1 saturated carbocycles. The number of Topliss-reactive ketones (excluding diaryl/α,β-unsaturated/α-hetero) is 1. The lowest BCUT2D eigenvalue weighted by molar-refractivity contribution is 0.0535. The first-order valence-electron chi connectivity index (χ1n) is 7.45. The molecule has 1 aliphatic rings. The number of amides is 1. The van der Waals surface area contributed by atoms with Crippen molar-refractivity contribution in [2.45, 2.75) is 39.2 Å². The molecule has 4 nitrogen and oxygen atoms in total. The van der Waals surface area contributed by atoms with E-state index in [1.54, 1.807) is 0 Å². The first-order chi connectivity index (χ1) is 10.3. The number of hydrogen-bond donors (Lipinski definition) is 1. The molecular formula is C18H21NO3. The minimum absolute atomic E-state index is 0.220. The van der Waals surface area contributed by atoms with Crippen LogP contribution in [0.1, 0.15) is 49.5 Å². The van der Waals surface area contributed by atoms with E-state index in [0.717, 1.165) is 24.0 Å². The lowest BCUT2D eigenvalue weighted by Gasteiger charge is -2.18. The van der Waals surface area contributed by atoms with E-state index < -0.39 is 11.7 Å². The Hall–Kier alpha value is -2.28. The molecule has 116 valence electrons. The molecule has 0 saturated heterocycles. The summed E-state index contributed by atoms with van der Waals surface area (Å²) < 4.78 is 5.11. The van der Waals surface area contributed by atoms with Crippen LogP contribution in [0, 0.1) is 17.8 Å². The summed E-state index contributed by atoms with van der Waals surface area (Å²) in [5, 5.41) is 2.57. The smallest absolute Gasteiger partial charge is 0.408 e. The zero-order valence-electron chi connectivity index (χ0n) is 13.2. The molecule has 2 rings (SSSR count). The fourth-order valence-corrected chi connectivity index (χ4v) is 1.88. The summed E-state index contributed by atoms with van der Waals surface area (Å²) >= 11 is 0. The molecule has 1 aromatic carbocycles. The molecule has 0 radical (unpaired) electrons. The van der Waals surface area contributed by atoms with Gasteiger partial charge in [-0.3, -0.25) is 4.79 Å². The van der Waals surface area contributed by atoms with E-state index in [2.05, 4.69) is 17.2 Å². The molecule has 1 fully saturated rings. The zero-order valence-corrected chi connectivity index (χ0v) is 13.2. The Kier molecular flexibility index (Phi) is 4.87. The number of benzene rings is 1. The van der Waals surface area contributed by atoms with Crippen molar-refractivity contribution >= 4 is 11.9 Å². The van der Waals surface area contributed by atoms with Crippen LogP contribution < -0.4 is 5.32 Å². The van der Waals surface area contributed by atoms with E-state index in [0.29, 0.717) is 0 Å². The number of ketones is 1. The molecule has 4 heteroatoms. The molecule has 1 amide bonds. The predicted octanol–water partition coefficient (Wildman–Crippen LogP) is 3.16. The van der Waals surface area contributed by atoms with Crippen LogP contribution in [0.5, 0.6) is 0 Å². The van der Waals surface area contributed by atoms with Gasteiger partial charge in [-0.25, -0.2) is 4.79 Å². The van der Waals surface area contributed by atoms with Gasteiger partial charge in [-0.1, -0.05) is 24.0 Å². The summed E-state index contributed by atoms with van der Waals surface area (Å²) in [5.41, 5.74) is 1.06. The van der Waals surface area contributed by atoms with E-state index in [1.165, 1.54) is 0 Å². The molecule has 0 aromatic heterocycles. The summed E-state index contributed by atoms with van der Waals surface area (Å²) in [7, 11) is 0. The van der Waals surface area contributed by atoms with Gasteiger partial charge in [0.2, 0.25) is 0 Å². The van der Waals surface area contributed by atoms with Gasteiger partial charge in [0.25, 0.3) is 0 Å². The van der Waals surface area contributed by atoms with Crippen molar-refractivity contribution in [2.24, 2.45) is 5.92 Å². The number of hydrogen-bond acceptors (Lipinski definition) is 3. The molecule has 1 N–H and O–H groups in total. The lowest BCUT2D eigenvalue weighted by Crippen LogP contribution is -2.32. The molecule has 0 aliphatic heterocycles. The molecule has 0 spiro atoms. The highest BCUT2D eigenvalue weighted by atomic mass is 16.6. The molecule has 0 atom stereocenters. The largest absolute Gasteiger partial charge is 0.444 e. The number of ether oxygens (including phenoxy) is 1. The van der Waals surface area contributed by atoms with Crippen LogP contribution in [0.4, 0.5) is 4.79 Å². The Labute approximate surface area is 131 Å². The SMILES string of the molecule is CC(C)(C)OC(=O)NCC#Cc1ccc(C(=O)C2CC2)cc1. The predicted molar refractivity (Wildman–Crippen MR) is 84.6 cm³/mol. The lowest BCUT2D eigenvalue weighted by atomic mass is 10.1. The zero-order chi connectivity index (χ0) is 16.2. The Morgan fingerprint density at radius 1 is 1.23 bits per heavy atom. The monoisotopic (exact) mass is 299 g/mol. The van der Waals surface area contributed by atoms with Crippen LogP contribution in [0.25, 0.3) is 0 Å². The first-order valence-corrected chi connectivity index (χ1v) is 7.45. The Morgan fingerprint density at radius 3 is 2.41 bits per heavy atom. The fraction of sp³-hybridized carbons (Fsp3) is 0.444. The normalized spacial score (nSPS) is 13.8. The minimum Gasteiger partial charge on any atom is -0.444 e. The maximum atomic E-state index is 11.9. The maximum absolute atomic E-state index is 11.9. The summed E-state index contributed by atoms with van der Waals surface area (Å²) in [4.78, 5) is 23.3. The van der Waals surface area contributed by atoms with Gasteiger partial charge in [0.05, 0.1) is 6.54 Å². The van der Waals surface area contributed by atoms with Crippen molar-refractivity contribution < 1.29 is 14.3 Å². The van der Waals surface area contributed by atoms with Crippen molar-refractivity contribution in [3.05, 3.63) is 35.4 Å². The fourth-order valence-electron chi connectivity index (χ4n) is 1.88. The topological polar surface area (TPSA) is 55.4 Å². The van der Waals surface area contributed by atoms with E-state index in [-0.39, 0.29) is 18.2 Å². The highest BCUT2D eigenvalue weighted by Gasteiger charge is 2.30. The molecular weight excluding hydrogens is 278 g/mol. The average Bonchev–Trinajstić information content (AvgIpc) is 3.26. The van der Waals surface area contributed by atoms with Gasteiger partial charge in [-0.15, -0.1) is 0 Å². The molecule has 0 bridgehead atoms. The van der Waals surface area contributed by atoms with Gasteiger partial charge in [0, 0.05) is 17.0 Å². The van der Waals surface area contributed by atoms with Gasteiger partial charge < -0.3 is 10.1 Å². The quantitative estimate of drug-likeness (QED) is 0.689. The Balaban J connectivity index is 1.81. The third-order valence-corrected chi connectivity index (χ3v) is 3.07. The van der Waals surface area contributed by atoms with Gasteiger partial charge in [0.15, 0.2) is 5.78 Å². The minimum atomic E-state index is -0.512. The summed E-state index contributed by atoms with van der Waals surface area (Å²) in [5.74, 6) is 6.26. The number of carbonyl (C=O) groups is 2. The number of rotatable bonds is 3. The molecule has 22 heavy (non-hydrogen) atoms. The van der Waals surface area contributed by atoms with E-state index in [1.807, 2.05) is 45.0 Å². The second-order valence-electron chi connectivity index (χ2n) is 6.37. The number of alkyl carbamates (subject to hydrolysis) is 1. The van der Waals surface area contributed by atoms with Crippen LogP contribution in [0.3, 0.4) is 0 Å². The Bertz CT molecular complexity index is 610. The van der Waals surface area contributed by atoms with Gasteiger partial charge in [0.1, 0.15) is 5.60 Å². The van der Waals surface area contributed by atoms with Gasteiger partial charge in [-0.2, -0.15) is 0 Å². The van der Waals surface area contributed by atoms with E-state index in [4.69, 9.17) is 4.74 Å². The highest BCUT2D eigenvalue weighted by Crippen LogP contribution is 2.32. The molecule has 1 aliphatic carbocycles. The standard InChI is InChI=1S/C18H21NO3/c1-18(2,3)22-17(21)19-12-4-5-13-6-8-14(9-7-13)16(20)15-10-11-15/h6-9,15H,10-12H2,1-3H3,(H,19,21). The summed E-state index contributed by atoms with van der Waals surface area (Å²) in [6.45, 7) is 5.64. The Morgan fingerprint density at radius 2 is 1.86 bits per heavy atom. The first kappa shape index (κ1) is 16.1. The van der Waals surface area contributed by atoms with Crippen molar-refractivity contribution in [2.75, 3.05) is 6.54 Å². The average molecular weight is 299 g/mol. The van der Waals surface area contributed by atoms with Crippen molar-refractivity contribution in [3.8, 4) is 11.8 Å². The molecule has 0 unspecified atom stereocenters. The van der Waals surface area contributed by atoms with Crippen LogP contribution in [-0.2, 0) is 4.74 Å². The van der Waals surface area contributed by atoms with E-state index in [9.17, 15) is 9.59 Å². The van der Waals surface area contributed by atoms with Gasteiger partial charge >= 0.3 is 6.09 Å². The van der Waals surface area contributed by atoms with Crippen LogP contribution >= 0.6 is 0 Å². The maximum Gasteiger partial charge on any atom is 0.408 e. The number of nitrogens with one attached hydrogen (secondary N) is 1. The molecule has 0 heterocycles. The van der Waals surface area contributed by atoms with E-state index >= 15 is 0 Å². The second kappa shape index (κ2) is 6.65.